The highest BCUT2D eigenvalue weighted by Crippen LogP contribution is 2.23. The maximum absolute atomic E-state index is 11.2. The van der Waals surface area contributed by atoms with Crippen molar-refractivity contribution >= 4 is 11.6 Å². The number of carbonyl (C=O) groups excluding carboxylic acids is 1. The van der Waals surface area contributed by atoms with Crippen LogP contribution in [-0.4, -0.2) is 19.0 Å². The SMILES string of the molecule is CCC(=O)NCc1ccc(N2CCC[C@@H](C)C2)cc1. The Morgan fingerprint density at radius 3 is 2.74 bits per heavy atom. The van der Waals surface area contributed by atoms with Crippen LogP contribution in [0.3, 0.4) is 0 Å². The van der Waals surface area contributed by atoms with E-state index < -0.39 is 0 Å². The van der Waals surface area contributed by atoms with E-state index in [1.807, 2.05) is 6.92 Å². The van der Waals surface area contributed by atoms with Crippen LogP contribution in [0, 0.1) is 5.92 Å². The molecule has 1 saturated heterocycles. The summed E-state index contributed by atoms with van der Waals surface area (Å²) in [6, 6.07) is 8.58. The first kappa shape index (κ1) is 13.9. The van der Waals surface area contributed by atoms with Crippen LogP contribution in [0.15, 0.2) is 24.3 Å². The second-order valence-corrected chi connectivity index (χ2v) is 5.49. The van der Waals surface area contributed by atoms with Gasteiger partial charge in [0.05, 0.1) is 0 Å². The van der Waals surface area contributed by atoms with E-state index in [2.05, 4.69) is 41.4 Å². The van der Waals surface area contributed by atoms with Gasteiger partial charge in [-0.3, -0.25) is 4.79 Å². The van der Waals surface area contributed by atoms with Crippen molar-refractivity contribution in [3.05, 3.63) is 29.8 Å². The molecule has 0 aromatic heterocycles. The van der Waals surface area contributed by atoms with Crippen molar-refractivity contribution < 1.29 is 4.79 Å². The second kappa shape index (κ2) is 6.60. The molecular formula is C16H24N2O. The van der Waals surface area contributed by atoms with Crippen molar-refractivity contribution in [3.63, 3.8) is 0 Å². The predicted molar refractivity (Wildman–Crippen MR) is 79.2 cm³/mol. The van der Waals surface area contributed by atoms with Gasteiger partial charge >= 0.3 is 0 Å². The molecule has 3 heteroatoms. The normalized spacial score (nSPS) is 19.3. The van der Waals surface area contributed by atoms with E-state index in [0.29, 0.717) is 13.0 Å². The lowest BCUT2D eigenvalue weighted by atomic mass is 9.99. The fourth-order valence-corrected chi connectivity index (χ4v) is 2.57. The highest BCUT2D eigenvalue weighted by Gasteiger charge is 2.16. The number of nitrogens with one attached hydrogen (secondary N) is 1. The van der Waals surface area contributed by atoms with E-state index in [-0.39, 0.29) is 5.91 Å². The maximum atomic E-state index is 11.2. The van der Waals surface area contributed by atoms with Crippen LogP contribution >= 0.6 is 0 Å². The molecule has 0 aliphatic carbocycles. The first-order valence-corrected chi connectivity index (χ1v) is 7.29. The third-order valence-corrected chi connectivity index (χ3v) is 3.77. The zero-order valence-corrected chi connectivity index (χ0v) is 12.0. The van der Waals surface area contributed by atoms with Gasteiger partial charge in [-0.1, -0.05) is 26.0 Å². The van der Waals surface area contributed by atoms with Crippen LogP contribution < -0.4 is 10.2 Å². The first-order valence-electron chi connectivity index (χ1n) is 7.29. The van der Waals surface area contributed by atoms with Gasteiger partial charge in [0.15, 0.2) is 0 Å². The molecule has 1 fully saturated rings. The Balaban J connectivity index is 1.92. The van der Waals surface area contributed by atoms with Crippen LogP contribution in [0.1, 0.15) is 38.7 Å². The number of amides is 1. The molecule has 1 atom stereocenters. The minimum atomic E-state index is 0.105. The highest BCUT2D eigenvalue weighted by atomic mass is 16.1. The molecule has 0 unspecified atom stereocenters. The van der Waals surface area contributed by atoms with E-state index in [4.69, 9.17) is 0 Å². The zero-order chi connectivity index (χ0) is 13.7. The van der Waals surface area contributed by atoms with Gasteiger partial charge < -0.3 is 10.2 Å². The highest BCUT2D eigenvalue weighted by molar-refractivity contribution is 5.75. The molecular weight excluding hydrogens is 236 g/mol. The van der Waals surface area contributed by atoms with Crippen LogP contribution in [0.4, 0.5) is 5.69 Å². The maximum Gasteiger partial charge on any atom is 0.219 e. The zero-order valence-electron chi connectivity index (χ0n) is 12.0. The number of rotatable bonds is 4. The van der Waals surface area contributed by atoms with Gasteiger partial charge in [0, 0.05) is 31.7 Å². The lowest BCUT2D eigenvalue weighted by molar-refractivity contribution is -0.120. The number of carbonyl (C=O) groups is 1. The van der Waals surface area contributed by atoms with Gasteiger partial charge in [-0.2, -0.15) is 0 Å². The number of piperidine rings is 1. The molecule has 1 N–H and O–H groups in total. The lowest BCUT2D eigenvalue weighted by Crippen LogP contribution is -2.34. The summed E-state index contributed by atoms with van der Waals surface area (Å²) in [5.74, 6) is 0.895. The van der Waals surface area contributed by atoms with Gasteiger partial charge in [0.1, 0.15) is 0 Å². The molecule has 3 nitrogen and oxygen atoms in total. The summed E-state index contributed by atoms with van der Waals surface area (Å²) in [6.45, 7) is 7.14. The summed E-state index contributed by atoms with van der Waals surface area (Å²) < 4.78 is 0. The Labute approximate surface area is 116 Å². The summed E-state index contributed by atoms with van der Waals surface area (Å²) >= 11 is 0. The monoisotopic (exact) mass is 260 g/mol. The average Bonchev–Trinajstić information content (AvgIpc) is 2.45. The minimum Gasteiger partial charge on any atom is -0.371 e. The number of anilines is 1. The third kappa shape index (κ3) is 3.98. The van der Waals surface area contributed by atoms with Crippen LogP contribution in [-0.2, 0) is 11.3 Å². The molecule has 0 saturated carbocycles. The minimum absolute atomic E-state index is 0.105. The van der Waals surface area contributed by atoms with Crippen molar-refractivity contribution in [3.8, 4) is 0 Å². The van der Waals surface area contributed by atoms with E-state index in [1.165, 1.54) is 18.5 Å². The van der Waals surface area contributed by atoms with E-state index in [1.54, 1.807) is 0 Å². The number of benzene rings is 1. The number of hydrogen-bond donors (Lipinski definition) is 1. The Hall–Kier alpha value is -1.51. The van der Waals surface area contributed by atoms with Crippen molar-refractivity contribution in [2.45, 2.75) is 39.7 Å². The predicted octanol–water partition coefficient (Wildman–Crippen LogP) is 2.95. The molecule has 1 aliphatic heterocycles. The Kier molecular flexibility index (Phi) is 4.83. The van der Waals surface area contributed by atoms with Crippen molar-refractivity contribution in [2.24, 2.45) is 5.92 Å². The van der Waals surface area contributed by atoms with Gasteiger partial charge in [-0.05, 0) is 36.5 Å². The Morgan fingerprint density at radius 2 is 2.11 bits per heavy atom. The first-order chi connectivity index (χ1) is 9.19. The fraction of sp³-hybridized carbons (Fsp3) is 0.562. The average molecular weight is 260 g/mol. The topological polar surface area (TPSA) is 32.3 Å². The second-order valence-electron chi connectivity index (χ2n) is 5.49. The van der Waals surface area contributed by atoms with Crippen LogP contribution in [0.2, 0.25) is 0 Å². The summed E-state index contributed by atoms with van der Waals surface area (Å²) in [5.41, 5.74) is 2.47. The van der Waals surface area contributed by atoms with Gasteiger partial charge in [-0.25, -0.2) is 0 Å². The van der Waals surface area contributed by atoms with Gasteiger partial charge in [0.2, 0.25) is 5.91 Å². The molecule has 1 aliphatic rings. The molecule has 1 aromatic carbocycles. The summed E-state index contributed by atoms with van der Waals surface area (Å²) in [6.07, 6.45) is 3.18. The van der Waals surface area contributed by atoms with E-state index >= 15 is 0 Å². The Bertz CT molecular complexity index is 413. The van der Waals surface area contributed by atoms with Gasteiger partial charge in [0.25, 0.3) is 0 Å². The van der Waals surface area contributed by atoms with Crippen molar-refractivity contribution in [2.75, 3.05) is 18.0 Å². The van der Waals surface area contributed by atoms with Crippen molar-refractivity contribution in [1.82, 2.24) is 5.32 Å². The smallest absolute Gasteiger partial charge is 0.219 e. The third-order valence-electron chi connectivity index (χ3n) is 3.77. The van der Waals surface area contributed by atoms with Crippen LogP contribution in [0.25, 0.3) is 0 Å². The molecule has 1 heterocycles. The quantitative estimate of drug-likeness (QED) is 0.902. The van der Waals surface area contributed by atoms with Crippen molar-refractivity contribution in [1.29, 1.82) is 0 Å². The summed E-state index contributed by atoms with van der Waals surface area (Å²) in [7, 11) is 0. The largest absolute Gasteiger partial charge is 0.371 e. The fourth-order valence-electron chi connectivity index (χ4n) is 2.57. The summed E-state index contributed by atoms with van der Waals surface area (Å²) in [4.78, 5) is 13.7. The molecule has 0 bridgehead atoms. The molecule has 0 radical (unpaired) electrons. The lowest BCUT2D eigenvalue weighted by Gasteiger charge is -2.32. The van der Waals surface area contributed by atoms with E-state index in [0.717, 1.165) is 24.6 Å². The molecule has 1 amide bonds. The Morgan fingerprint density at radius 1 is 1.37 bits per heavy atom. The summed E-state index contributed by atoms with van der Waals surface area (Å²) in [5, 5.41) is 2.90. The molecule has 19 heavy (non-hydrogen) atoms. The standard InChI is InChI=1S/C16H24N2O/c1-3-16(19)17-11-14-6-8-15(9-7-14)18-10-4-5-13(2)12-18/h6-9,13H,3-5,10-12H2,1-2H3,(H,17,19)/t13-/m1/s1. The number of nitrogens with zero attached hydrogens (tertiary/aromatic N) is 1. The molecule has 0 spiro atoms. The van der Waals surface area contributed by atoms with Crippen LogP contribution in [0.5, 0.6) is 0 Å². The molecule has 1 aromatic rings. The molecule has 2 rings (SSSR count). The molecule has 104 valence electrons. The number of hydrogen-bond acceptors (Lipinski definition) is 2. The van der Waals surface area contributed by atoms with E-state index in [9.17, 15) is 4.79 Å². The van der Waals surface area contributed by atoms with Gasteiger partial charge in [-0.15, -0.1) is 0 Å².